The van der Waals surface area contributed by atoms with Gasteiger partial charge >= 0.3 is 0 Å². The van der Waals surface area contributed by atoms with Crippen molar-refractivity contribution in [2.24, 2.45) is 0 Å². The predicted molar refractivity (Wildman–Crippen MR) is 124 cm³/mol. The highest BCUT2D eigenvalue weighted by Gasteiger charge is 2.15. The van der Waals surface area contributed by atoms with Crippen LogP contribution in [0.1, 0.15) is 15.2 Å². The highest BCUT2D eigenvalue weighted by Crippen LogP contribution is 2.30. The average Bonchev–Trinajstić information content (AvgIpc) is 3.15. The van der Waals surface area contributed by atoms with Gasteiger partial charge in [0.25, 0.3) is 15.9 Å². The Kier molecular flexibility index (Phi) is 6.02. The van der Waals surface area contributed by atoms with Crippen LogP contribution < -0.4 is 10.0 Å². The van der Waals surface area contributed by atoms with Crippen LogP contribution >= 0.6 is 11.3 Å². The van der Waals surface area contributed by atoms with Gasteiger partial charge in [0.05, 0.1) is 10.6 Å². The van der Waals surface area contributed by atoms with Gasteiger partial charge in [-0.1, -0.05) is 18.2 Å². The molecule has 9 heteroatoms. The van der Waals surface area contributed by atoms with Crippen molar-refractivity contribution < 1.29 is 17.6 Å². The Balaban J connectivity index is 1.46. The average molecular weight is 468 g/mol. The first-order valence-electron chi connectivity index (χ1n) is 9.54. The lowest BCUT2D eigenvalue weighted by Gasteiger charge is -2.08. The first-order valence-corrected chi connectivity index (χ1v) is 11.8. The molecule has 1 heterocycles. The fourth-order valence-corrected chi connectivity index (χ4v) is 4.91. The zero-order valence-corrected chi connectivity index (χ0v) is 18.5. The van der Waals surface area contributed by atoms with E-state index in [0.29, 0.717) is 22.1 Å². The largest absolute Gasteiger partial charge is 0.298 e. The van der Waals surface area contributed by atoms with E-state index in [1.807, 2.05) is 6.92 Å². The van der Waals surface area contributed by atoms with Crippen molar-refractivity contribution in [1.82, 2.24) is 4.98 Å². The van der Waals surface area contributed by atoms with Crippen molar-refractivity contribution in [3.8, 4) is 11.3 Å². The number of amides is 1. The number of carbonyl (C=O) groups excluding carboxylic acids is 1. The maximum absolute atomic E-state index is 13.2. The van der Waals surface area contributed by atoms with Crippen LogP contribution in [0.15, 0.2) is 83.8 Å². The predicted octanol–water partition coefficient (Wildman–Crippen LogP) is 5.31. The number of carbonyl (C=O) groups is 1. The molecule has 1 aromatic heterocycles. The number of aromatic nitrogens is 1. The maximum Gasteiger partial charge on any atom is 0.261 e. The fraction of sp³-hybridized carbons (Fsp3) is 0.0435. The third-order valence-electron chi connectivity index (χ3n) is 4.59. The number of thiazole rings is 1. The molecular weight excluding hydrogens is 449 g/mol. The number of rotatable bonds is 6. The highest BCUT2D eigenvalue weighted by molar-refractivity contribution is 7.92. The SMILES string of the molecule is Cc1sc(NC(=O)c2ccc(NS(=O)(=O)c3ccccc3)cc2)nc1-c1ccc(F)cc1. The number of halogens is 1. The molecule has 0 unspecified atom stereocenters. The minimum absolute atomic E-state index is 0.151. The van der Waals surface area contributed by atoms with E-state index in [2.05, 4.69) is 15.0 Å². The molecule has 0 saturated heterocycles. The van der Waals surface area contributed by atoms with E-state index in [9.17, 15) is 17.6 Å². The molecular formula is C23H18FN3O3S2. The summed E-state index contributed by atoms with van der Waals surface area (Å²) in [6.45, 7) is 1.87. The van der Waals surface area contributed by atoms with Crippen molar-refractivity contribution in [3.05, 3.63) is 95.1 Å². The van der Waals surface area contributed by atoms with Crippen molar-refractivity contribution in [2.75, 3.05) is 10.0 Å². The third-order valence-corrected chi connectivity index (χ3v) is 6.87. The summed E-state index contributed by atoms with van der Waals surface area (Å²) in [5.41, 5.74) is 2.13. The molecule has 4 aromatic rings. The molecule has 0 bridgehead atoms. The maximum atomic E-state index is 13.2. The monoisotopic (exact) mass is 467 g/mol. The molecule has 162 valence electrons. The number of sulfonamides is 1. The van der Waals surface area contributed by atoms with Gasteiger partial charge in [-0.05, 0) is 67.6 Å². The van der Waals surface area contributed by atoms with Gasteiger partial charge in [0, 0.05) is 21.7 Å². The van der Waals surface area contributed by atoms with Crippen LogP contribution in [0.4, 0.5) is 15.2 Å². The van der Waals surface area contributed by atoms with Crippen LogP contribution in [0, 0.1) is 12.7 Å². The van der Waals surface area contributed by atoms with Gasteiger partial charge in [-0.15, -0.1) is 11.3 Å². The van der Waals surface area contributed by atoms with E-state index in [-0.39, 0.29) is 16.6 Å². The lowest BCUT2D eigenvalue weighted by Crippen LogP contribution is -2.14. The van der Waals surface area contributed by atoms with Gasteiger partial charge < -0.3 is 0 Å². The molecule has 6 nitrogen and oxygen atoms in total. The van der Waals surface area contributed by atoms with Crippen LogP contribution in [0.25, 0.3) is 11.3 Å². The molecule has 0 radical (unpaired) electrons. The molecule has 1 amide bonds. The summed E-state index contributed by atoms with van der Waals surface area (Å²) >= 11 is 1.32. The van der Waals surface area contributed by atoms with Crippen molar-refractivity contribution >= 4 is 38.1 Å². The molecule has 2 N–H and O–H groups in total. The Bertz CT molecular complexity index is 1350. The van der Waals surface area contributed by atoms with E-state index in [0.717, 1.165) is 10.4 Å². The summed E-state index contributed by atoms with van der Waals surface area (Å²) in [5, 5.41) is 3.17. The van der Waals surface area contributed by atoms with Crippen LogP contribution in [-0.4, -0.2) is 19.3 Å². The zero-order chi connectivity index (χ0) is 22.7. The molecule has 0 spiro atoms. The van der Waals surface area contributed by atoms with Crippen molar-refractivity contribution in [3.63, 3.8) is 0 Å². The molecule has 4 rings (SSSR count). The van der Waals surface area contributed by atoms with Crippen LogP contribution in [0.5, 0.6) is 0 Å². The molecule has 0 aliphatic carbocycles. The summed E-state index contributed by atoms with van der Waals surface area (Å²) in [6.07, 6.45) is 0. The normalized spacial score (nSPS) is 11.2. The number of nitrogens with zero attached hydrogens (tertiary/aromatic N) is 1. The van der Waals surface area contributed by atoms with Gasteiger partial charge in [0.15, 0.2) is 5.13 Å². The van der Waals surface area contributed by atoms with Gasteiger partial charge in [0.1, 0.15) is 5.82 Å². The van der Waals surface area contributed by atoms with Crippen molar-refractivity contribution in [2.45, 2.75) is 11.8 Å². The molecule has 0 aliphatic heterocycles. The van der Waals surface area contributed by atoms with Gasteiger partial charge in [-0.3, -0.25) is 14.8 Å². The summed E-state index contributed by atoms with van der Waals surface area (Å²) < 4.78 is 40.5. The topological polar surface area (TPSA) is 88.2 Å². The fourth-order valence-electron chi connectivity index (χ4n) is 3.00. The molecule has 32 heavy (non-hydrogen) atoms. The summed E-state index contributed by atoms with van der Waals surface area (Å²) in [7, 11) is -3.71. The van der Waals surface area contributed by atoms with E-state index < -0.39 is 10.0 Å². The summed E-state index contributed by atoms with van der Waals surface area (Å²) in [5.74, 6) is -0.702. The van der Waals surface area contributed by atoms with Gasteiger partial charge in [0.2, 0.25) is 0 Å². The van der Waals surface area contributed by atoms with Crippen LogP contribution in [-0.2, 0) is 10.0 Å². The Morgan fingerprint density at radius 2 is 1.59 bits per heavy atom. The highest BCUT2D eigenvalue weighted by atomic mass is 32.2. The standard InChI is InChI=1S/C23H18FN3O3S2/c1-15-21(16-7-11-18(24)12-8-16)25-23(31-15)26-22(28)17-9-13-19(14-10-17)27-32(29,30)20-5-3-2-4-6-20/h2-14,27H,1H3,(H,25,26,28). The van der Waals surface area contributed by atoms with E-state index in [1.54, 1.807) is 30.3 Å². The number of benzene rings is 3. The number of aryl methyl sites for hydroxylation is 1. The van der Waals surface area contributed by atoms with E-state index in [4.69, 9.17) is 0 Å². The number of hydrogen-bond acceptors (Lipinski definition) is 5. The molecule has 0 atom stereocenters. The number of hydrogen-bond donors (Lipinski definition) is 2. The van der Waals surface area contributed by atoms with Crippen molar-refractivity contribution in [1.29, 1.82) is 0 Å². The Morgan fingerprint density at radius 1 is 0.938 bits per heavy atom. The van der Waals surface area contributed by atoms with E-state index in [1.165, 1.54) is 59.9 Å². The lowest BCUT2D eigenvalue weighted by molar-refractivity contribution is 0.102. The first-order chi connectivity index (χ1) is 15.3. The van der Waals surface area contributed by atoms with Crippen LogP contribution in [0.3, 0.4) is 0 Å². The minimum atomic E-state index is -3.71. The lowest BCUT2D eigenvalue weighted by atomic mass is 10.1. The molecule has 0 aliphatic rings. The summed E-state index contributed by atoms with van der Waals surface area (Å²) in [4.78, 5) is 18.1. The Labute approximate surface area is 188 Å². The number of nitrogens with one attached hydrogen (secondary N) is 2. The number of anilines is 2. The molecule has 0 fully saturated rings. The zero-order valence-electron chi connectivity index (χ0n) is 16.9. The summed E-state index contributed by atoms with van der Waals surface area (Å²) in [6, 6.07) is 20.1. The Hall–Kier alpha value is -3.56. The first kappa shape index (κ1) is 21.7. The quantitative estimate of drug-likeness (QED) is 0.402. The second kappa shape index (κ2) is 8.89. The van der Waals surface area contributed by atoms with Crippen LogP contribution in [0.2, 0.25) is 0 Å². The molecule has 0 saturated carbocycles. The smallest absolute Gasteiger partial charge is 0.261 e. The second-order valence-corrected chi connectivity index (χ2v) is 9.77. The van der Waals surface area contributed by atoms with Gasteiger partial charge in [-0.25, -0.2) is 17.8 Å². The third kappa shape index (κ3) is 4.84. The Morgan fingerprint density at radius 3 is 2.25 bits per heavy atom. The minimum Gasteiger partial charge on any atom is -0.298 e. The van der Waals surface area contributed by atoms with Gasteiger partial charge in [-0.2, -0.15) is 0 Å². The molecule has 3 aromatic carbocycles. The second-order valence-electron chi connectivity index (χ2n) is 6.88. The van der Waals surface area contributed by atoms with E-state index >= 15 is 0 Å².